The molecule has 4 heterocycles. The molecule has 0 radical (unpaired) electrons. The van der Waals surface area contributed by atoms with Gasteiger partial charge in [0.1, 0.15) is 0 Å². The molecule has 1 saturated heterocycles. The van der Waals surface area contributed by atoms with Crippen molar-refractivity contribution in [2.45, 2.75) is 38.1 Å². The number of H-pyrrole nitrogens is 1. The van der Waals surface area contributed by atoms with Crippen molar-refractivity contribution in [3.8, 4) is 0 Å². The second kappa shape index (κ2) is 9.35. The molecule has 29 heavy (non-hydrogen) atoms. The lowest BCUT2D eigenvalue weighted by atomic mass is 9.93. The van der Waals surface area contributed by atoms with Crippen molar-refractivity contribution in [3.05, 3.63) is 35.7 Å². The number of aryl methyl sites for hydroxylation is 1. The van der Waals surface area contributed by atoms with Crippen LogP contribution in [-0.4, -0.2) is 72.6 Å². The summed E-state index contributed by atoms with van der Waals surface area (Å²) in [4.78, 5) is 44.7. The van der Waals surface area contributed by atoms with Crippen molar-refractivity contribution in [3.63, 3.8) is 0 Å². The highest BCUT2D eigenvalue weighted by Crippen LogP contribution is 2.31. The van der Waals surface area contributed by atoms with E-state index in [0.29, 0.717) is 26.1 Å². The Hall–Kier alpha value is -3.17. The first kappa shape index (κ1) is 20.6. The molecule has 4 rings (SSSR count). The number of hydrogen-bond acceptors (Lipinski definition) is 5. The molecule has 0 saturated carbocycles. The molecular formula is C19H26N6O4. The van der Waals surface area contributed by atoms with Crippen molar-refractivity contribution in [2.24, 2.45) is 7.05 Å². The van der Waals surface area contributed by atoms with Gasteiger partial charge in [0, 0.05) is 44.2 Å². The molecule has 1 unspecified atom stereocenters. The maximum absolute atomic E-state index is 12.9. The molecule has 156 valence electrons. The van der Waals surface area contributed by atoms with Crippen LogP contribution >= 0.6 is 0 Å². The normalized spacial score (nSPS) is 19.1. The Kier molecular flexibility index (Phi) is 6.63. The molecule has 2 aliphatic rings. The largest absolute Gasteiger partial charge is 0.483 e. The van der Waals surface area contributed by atoms with E-state index in [0.717, 1.165) is 36.2 Å². The number of hydrogen-bond donors (Lipinski definition) is 2. The molecule has 2 aromatic heterocycles. The van der Waals surface area contributed by atoms with Crippen LogP contribution in [0.25, 0.3) is 0 Å². The van der Waals surface area contributed by atoms with Crippen LogP contribution in [0.5, 0.6) is 0 Å². The molecule has 2 N–H and O–H groups in total. The Balaban J connectivity index is 0.000000755. The van der Waals surface area contributed by atoms with Crippen LogP contribution in [0.2, 0.25) is 0 Å². The van der Waals surface area contributed by atoms with E-state index in [4.69, 9.17) is 9.90 Å². The zero-order chi connectivity index (χ0) is 20.8. The monoisotopic (exact) mass is 402 g/mol. The molecule has 2 aliphatic heterocycles. The van der Waals surface area contributed by atoms with Gasteiger partial charge < -0.3 is 19.9 Å². The summed E-state index contributed by atoms with van der Waals surface area (Å²) in [6.45, 7) is 1.67. The molecule has 10 heteroatoms. The van der Waals surface area contributed by atoms with Gasteiger partial charge >= 0.3 is 0 Å². The molecule has 0 aliphatic carbocycles. The van der Waals surface area contributed by atoms with Crippen LogP contribution in [0, 0.1) is 0 Å². The standard InChI is InChI=1S/C18H24N6O2.CH2O2/c1-22-8-13(7-21-22)14-9-24(10-15-18(14)20-12-19-15)17(26)11-23-6-4-2-3-5-16(23)25;2-1-3/h7-8,12,14H,2-6,9-11H2,1H3,(H,19,20);1H,(H,2,3). The second-order valence-corrected chi connectivity index (χ2v) is 7.27. The third kappa shape index (κ3) is 4.82. The molecule has 10 nitrogen and oxygen atoms in total. The van der Waals surface area contributed by atoms with E-state index in [1.165, 1.54) is 0 Å². The topological polar surface area (TPSA) is 124 Å². The number of nitrogens with zero attached hydrogens (tertiary/aromatic N) is 5. The maximum Gasteiger partial charge on any atom is 0.290 e. The van der Waals surface area contributed by atoms with Crippen molar-refractivity contribution >= 4 is 18.3 Å². The lowest BCUT2D eigenvalue weighted by Crippen LogP contribution is -2.45. The Bertz CT molecular complexity index is 861. The number of carboxylic acid groups (broad SMARTS) is 1. The summed E-state index contributed by atoms with van der Waals surface area (Å²) in [5.74, 6) is 0.0933. The minimum Gasteiger partial charge on any atom is -0.483 e. The Morgan fingerprint density at radius 2 is 2.17 bits per heavy atom. The fourth-order valence-corrected chi connectivity index (χ4v) is 3.86. The summed E-state index contributed by atoms with van der Waals surface area (Å²) in [6.07, 6.45) is 8.98. The van der Waals surface area contributed by atoms with Gasteiger partial charge in [-0.05, 0) is 12.8 Å². The highest BCUT2D eigenvalue weighted by molar-refractivity contribution is 5.85. The van der Waals surface area contributed by atoms with E-state index in [1.54, 1.807) is 15.9 Å². The number of aromatic amines is 1. The fourth-order valence-electron chi connectivity index (χ4n) is 3.86. The molecule has 2 amide bonds. The average Bonchev–Trinajstić information content (AvgIpc) is 3.30. The summed E-state index contributed by atoms with van der Waals surface area (Å²) >= 11 is 0. The minimum atomic E-state index is -0.250. The highest BCUT2D eigenvalue weighted by Gasteiger charge is 2.33. The first-order valence-electron chi connectivity index (χ1n) is 9.67. The Morgan fingerprint density at radius 1 is 1.38 bits per heavy atom. The summed E-state index contributed by atoms with van der Waals surface area (Å²) in [5, 5.41) is 11.1. The summed E-state index contributed by atoms with van der Waals surface area (Å²) in [7, 11) is 1.88. The molecular weight excluding hydrogens is 376 g/mol. The molecule has 0 aromatic carbocycles. The van der Waals surface area contributed by atoms with Gasteiger partial charge in [-0.3, -0.25) is 19.1 Å². The lowest BCUT2D eigenvalue weighted by Gasteiger charge is -2.33. The van der Waals surface area contributed by atoms with Crippen LogP contribution in [0.1, 0.15) is 48.6 Å². The van der Waals surface area contributed by atoms with Crippen LogP contribution in [-0.2, 0) is 28.0 Å². The number of fused-ring (bicyclic) bond motifs is 1. The first-order valence-corrected chi connectivity index (χ1v) is 9.67. The number of aromatic nitrogens is 4. The molecule has 1 fully saturated rings. The lowest BCUT2D eigenvalue weighted by molar-refractivity contribution is -0.140. The smallest absolute Gasteiger partial charge is 0.290 e. The van der Waals surface area contributed by atoms with Gasteiger partial charge in [0.15, 0.2) is 0 Å². The van der Waals surface area contributed by atoms with Crippen LogP contribution in [0.3, 0.4) is 0 Å². The van der Waals surface area contributed by atoms with Gasteiger partial charge in [0.2, 0.25) is 11.8 Å². The predicted octanol–water partition coefficient (Wildman–Crippen LogP) is 0.721. The van der Waals surface area contributed by atoms with Gasteiger partial charge in [-0.2, -0.15) is 5.10 Å². The van der Waals surface area contributed by atoms with Gasteiger partial charge in [0.05, 0.1) is 37.0 Å². The van der Waals surface area contributed by atoms with E-state index < -0.39 is 0 Å². The number of nitrogens with one attached hydrogen (secondary N) is 1. The van der Waals surface area contributed by atoms with E-state index in [-0.39, 0.29) is 30.7 Å². The van der Waals surface area contributed by atoms with Gasteiger partial charge in [-0.15, -0.1) is 0 Å². The second-order valence-electron chi connectivity index (χ2n) is 7.27. The Morgan fingerprint density at radius 3 is 2.90 bits per heavy atom. The van der Waals surface area contributed by atoms with Crippen LogP contribution in [0.4, 0.5) is 0 Å². The summed E-state index contributed by atoms with van der Waals surface area (Å²) in [5.41, 5.74) is 2.98. The zero-order valence-electron chi connectivity index (χ0n) is 16.5. The quantitative estimate of drug-likeness (QED) is 0.729. The third-order valence-electron chi connectivity index (χ3n) is 5.31. The predicted molar refractivity (Wildman–Crippen MR) is 103 cm³/mol. The number of carbonyl (C=O) groups excluding carboxylic acids is 2. The number of likely N-dealkylation sites (tertiary alicyclic amines) is 1. The highest BCUT2D eigenvalue weighted by atomic mass is 16.3. The number of rotatable bonds is 3. The molecule has 2 aromatic rings. The third-order valence-corrected chi connectivity index (χ3v) is 5.31. The Labute approximate surface area is 168 Å². The zero-order valence-corrected chi connectivity index (χ0v) is 16.5. The fraction of sp³-hybridized carbons (Fsp3) is 0.526. The molecule has 0 spiro atoms. The summed E-state index contributed by atoms with van der Waals surface area (Å²) in [6, 6.07) is 0. The number of amides is 2. The van der Waals surface area contributed by atoms with Crippen molar-refractivity contribution in [1.82, 2.24) is 29.5 Å². The van der Waals surface area contributed by atoms with Crippen LogP contribution < -0.4 is 0 Å². The molecule has 1 atom stereocenters. The van der Waals surface area contributed by atoms with E-state index in [9.17, 15) is 9.59 Å². The maximum atomic E-state index is 12.9. The van der Waals surface area contributed by atoms with E-state index in [1.807, 2.05) is 24.3 Å². The van der Waals surface area contributed by atoms with Gasteiger partial charge in [-0.1, -0.05) is 6.42 Å². The number of imidazole rings is 1. The first-order chi connectivity index (χ1) is 14.0. The van der Waals surface area contributed by atoms with Gasteiger partial charge in [0.25, 0.3) is 6.47 Å². The van der Waals surface area contributed by atoms with Crippen LogP contribution in [0.15, 0.2) is 18.7 Å². The minimum absolute atomic E-state index is 0.00230. The number of carbonyl (C=O) groups is 3. The van der Waals surface area contributed by atoms with E-state index in [2.05, 4.69) is 15.1 Å². The van der Waals surface area contributed by atoms with Crippen molar-refractivity contribution in [2.75, 3.05) is 19.6 Å². The van der Waals surface area contributed by atoms with Crippen molar-refractivity contribution < 1.29 is 19.5 Å². The van der Waals surface area contributed by atoms with Crippen molar-refractivity contribution in [1.29, 1.82) is 0 Å². The van der Waals surface area contributed by atoms with Gasteiger partial charge in [-0.25, -0.2) is 4.98 Å². The summed E-state index contributed by atoms with van der Waals surface area (Å²) < 4.78 is 1.76. The SMILES string of the molecule is Cn1cc(C2CN(C(=O)CN3CCCCCC3=O)Cc3[nH]cnc32)cn1.O=CO. The van der Waals surface area contributed by atoms with E-state index >= 15 is 0 Å². The molecule has 0 bridgehead atoms. The average molecular weight is 402 g/mol.